The third-order valence-electron chi connectivity index (χ3n) is 12.4. The van der Waals surface area contributed by atoms with E-state index < -0.39 is 31.0 Å². The Morgan fingerprint density at radius 3 is 2.23 bits per heavy atom. The van der Waals surface area contributed by atoms with Crippen LogP contribution in [0.2, 0.25) is 0 Å². The van der Waals surface area contributed by atoms with Crippen LogP contribution in [0.1, 0.15) is 91.4 Å². The lowest BCUT2D eigenvalue weighted by molar-refractivity contribution is -0.138. The maximum Gasteiger partial charge on any atom is 0.222 e. The lowest BCUT2D eigenvalue weighted by atomic mass is 9.44. The molecule has 6 N–H and O–H groups in total. The fourth-order valence-electron chi connectivity index (χ4n) is 10.0. The van der Waals surface area contributed by atoms with Crippen molar-refractivity contribution < 1.29 is 35.4 Å². The van der Waals surface area contributed by atoms with Gasteiger partial charge >= 0.3 is 0 Å². The highest BCUT2D eigenvalue weighted by Gasteiger charge is 2.60. The van der Waals surface area contributed by atoms with Crippen molar-refractivity contribution in [3.05, 3.63) is 0 Å². The van der Waals surface area contributed by atoms with Crippen LogP contribution in [-0.4, -0.2) is 92.2 Å². The third-order valence-corrected chi connectivity index (χ3v) is 12.4. The van der Waals surface area contributed by atoms with Crippen molar-refractivity contribution in [2.75, 3.05) is 20.2 Å². The summed E-state index contributed by atoms with van der Waals surface area (Å²) in [5.74, 6) is 3.91. The molecule has 0 radical (unpaired) electrons. The molecule has 0 aromatic carbocycles. The molecule has 226 valence electrons. The Morgan fingerprint density at radius 1 is 0.897 bits per heavy atom. The Bertz CT molecular complexity index is 842. The predicted octanol–water partition coefficient (Wildman–Crippen LogP) is 2.32. The number of aliphatic hydroxyl groups is 6. The summed E-state index contributed by atoms with van der Waals surface area (Å²) in [6.45, 7) is 6.46. The summed E-state index contributed by atoms with van der Waals surface area (Å²) in [7, 11) is 1.58. The summed E-state index contributed by atoms with van der Waals surface area (Å²) in [4.78, 5) is 14.3. The summed E-state index contributed by atoms with van der Waals surface area (Å²) in [5, 5.41) is 59.0. The van der Waals surface area contributed by atoms with E-state index in [0.717, 1.165) is 37.0 Å². The van der Waals surface area contributed by atoms with Crippen molar-refractivity contribution in [1.29, 1.82) is 0 Å². The van der Waals surface area contributed by atoms with Crippen LogP contribution in [0, 0.1) is 46.3 Å². The SMILES string of the molecule is C[C@H](CCC(=O)N(C)C[C@H](O)[C@@H](O)[C@H](O)[C@H](O)CO)[C@H]1CC[C@H]2[C@@H]3CC[C@@H]4C[C@H](O)CC[C@]4(C)[C@H]3CC[C@]12C. The molecule has 0 aliphatic heterocycles. The molecular formula is C31H55NO7. The number of fused-ring (bicyclic) bond motifs is 5. The number of rotatable bonds is 10. The maximum absolute atomic E-state index is 12.9. The zero-order valence-corrected chi connectivity index (χ0v) is 24.6. The minimum Gasteiger partial charge on any atom is -0.394 e. The molecule has 4 saturated carbocycles. The van der Waals surface area contributed by atoms with Gasteiger partial charge in [-0.25, -0.2) is 0 Å². The van der Waals surface area contributed by atoms with Gasteiger partial charge in [-0.15, -0.1) is 0 Å². The first kappa shape index (κ1) is 31.2. The first-order valence-corrected chi connectivity index (χ1v) is 15.6. The highest BCUT2D eigenvalue weighted by molar-refractivity contribution is 5.75. The molecular weight excluding hydrogens is 498 g/mol. The molecule has 39 heavy (non-hydrogen) atoms. The number of hydrogen-bond donors (Lipinski definition) is 6. The van der Waals surface area contributed by atoms with Crippen molar-refractivity contribution >= 4 is 5.91 Å². The summed E-state index contributed by atoms with van der Waals surface area (Å²) in [5.41, 5.74) is 0.700. The largest absolute Gasteiger partial charge is 0.394 e. The van der Waals surface area contributed by atoms with Gasteiger partial charge in [-0.1, -0.05) is 20.8 Å². The highest BCUT2D eigenvalue weighted by Crippen LogP contribution is 2.68. The van der Waals surface area contributed by atoms with Gasteiger partial charge < -0.3 is 35.5 Å². The Balaban J connectivity index is 1.31. The number of hydrogen-bond acceptors (Lipinski definition) is 7. The molecule has 0 aromatic heterocycles. The minimum atomic E-state index is -1.69. The van der Waals surface area contributed by atoms with Gasteiger partial charge in [0.2, 0.25) is 5.91 Å². The molecule has 0 heterocycles. The maximum atomic E-state index is 12.9. The van der Waals surface area contributed by atoms with Gasteiger partial charge in [0.05, 0.1) is 12.7 Å². The van der Waals surface area contributed by atoms with E-state index in [4.69, 9.17) is 5.11 Å². The average Bonchev–Trinajstić information content (AvgIpc) is 3.27. The highest BCUT2D eigenvalue weighted by atomic mass is 16.4. The van der Waals surface area contributed by atoms with Crippen LogP contribution in [0.25, 0.3) is 0 Å². The van der Waals surface area contributed by atoms with Gasteiger partial charge in [0.25, 0.3) is 0 Å². The minimum absolute atomic E-state index is 0.106. The van der Waals surface area contributed by atoms with E-state index in [1.54, 1.807) is 7.05 Å². The average molecular weight is 554 g/mol. The van der Waals surface area contributed by atoms with Crippen molar-refractivity contribution in [2.24, 2.45) is 46.3 Å². The second-order valence-electron chi connectivity index (χ2n) is 14.4. The van der Waals surface area contributed by atoms with E-state index in [1.165, 1.54) is 49.8 Å². The fourth-order valence-corrected chi connectivity index (χ4v) is 10.0. The van der Waals surface area contributed by atoms with Gasteiger partial charge in [0, 0.05) is 20.0 Å². The first-order chi connectivity index (χ1) is 18.3. The molecule has 1 amide bonds. The lowest BCUT2D eigenvalue weighted by Gasteiger charge is -2.61. The lowest BCUT2D eigenvalue weighted by Crippen LogP contribution is -2.54. The van der Waals surface area contributed by atoms with Crippen LogP contribution < -0.4 is 0 Å². The quantitative estimate of drug-likeness (QED) is 0.244. The monoisotopic (exact) mass is 553 g/mol. The van der Waals surface area contributed by atoms with Gasteiger partial charge in [0.15, 0.2) is 0 Å². The molecule has 0 aromatic rings. The number of carbonyl (C=O) groups is 1. The van der Waals surface area contributed by atoms with E-state index in [9.17, 15) is 30.3 Å². The number of aliphatic hydroxyl groups excluding tert-OH is 6. The van der Waals surface area contributed by atoms with E-state index in [2.05, 4.69) is 20.8 Å². The molecule has 13 atom stereocenters. The Kier molecular flexibility index (Phi) is 9.77. The first-order valence-electron chi connectivity index (χ1n) is 15.6. The van der Waals surface area contributed by atoms with Crippen molar-refractivity contribution in [3.63, 3.8) is 0 Å². The van der Waals surface area contributed by atoms with Crippen LogP contribution >= 0.6 is 0 Å². The van der Waals surface area contributed by atoms with Crippen LogP contribution in [0.5, 0.6) is 0 Å². The number of likely N-dealkylation sites (N-methyl/N-ethyl adjacent to an activating group) is 1. The molecule has 4 aliphatic carbocycles. The van der Waals surface area contributed by atoms with E-state index in [1.807, 2.05) is 0 Å². The Hall–Kier alpha value is -0.770. The van der Waals surface area contributed by atoms with Crippen LogP contribution in [0.3, 0.4) is 0 Å². The smallest absolute Gasteiger partial charge is 0.222 e. The molecule has 4 fully saturated rings. The zero-order valence-electron chi connectivity index (χ0n) is 24.6. The normalized spacial score (nSPS) is 41.9. The van der Waals surface area contributed by atoms with Crippen molar-refractivity contribution in [1.82, 2.24) is 4.90 Å². The molecule has 8 nitrogen and oxygen atoms in total. The van der Waals surface area contributed by atoms with Gasteiger partial charge in [-0.05, 0) is 111 Å². The summed E-state index contributed by atoms with van der Waals surface area (Å²) in [6.07, 6.45) is 5.47. The second-order valence-corrected chi connectivity index (χ2v) is 14.4. The number of amides is 1. The van der Waals surface area contributed by atoms with Crippen LogP contribution in [0.15, 0.2) is 0 Å². The Morgan fingerprint density at radius 2 is 1.54 bits per heavy atom. The Labute approximate surface area is 234 Å². The van der Waals surface area contributed by atoms with Gasteiger partial charge in [0.1, 0.15) is 24.4 Å². The summed E-state index contributed by atoms with van der Waals surface area (Å²) < 4.78 is 0. The summed E-state index contributed by atoms with van der Waals surface area (Å²) >= 11 is 0. The molecule has 0 unspecified atom stereocenters. The fraction of sp³-hybridized carbons (Fsp3) is 0.968. The van der Waals surface area contributed by atoms with Crippen LogP contribution in [0.4, 0.5) is 0 Å². The van der Waals surface area contributed by atoms with E-state index in [0.29, 0.717) is 35.0 Å². The summed E-state index contributed by atoms with van der Waals surface area (Å²) in [6, 6.07) is 0. The van der Waals surface area contributed by atoms with Crippen molar-refractivity contribution in [2.45, 2.75) is 122 Å². The second kappa shape index (κ2) is 12.2. The van der Waals surface area contributed by atoms with E-state index >= 15 is 0 Å². The van der Waals surface area contributed by atoms with Crippen molar-refractivity contribution in [3.8, 4) is 0 Å². The van der Waals surface area contributed by atoms with Gasteiger partial charge in [-0.2, -0.15) is 0 Å². The topological polar surface area (TPSA) is 142 Å². The molecule has 8 heteroatoms. The third kappa shape index (κ3) is 5.94. The molecule has 0 saturated heterocycles. The number of nitrogens with zero attached hydrogens (tertiary/aromatic N) is 1. The zero-order chi connectivity index (χ0) is 28.7. The molecule has 4 rings (SSSR count). The molecule has 0 spiro atoms. The standard InChI is InChI=1S/C31H55NO7/c1-18(5-10-27(37)32(4)16-25(35)28(38)29(39)26(36)17-33)22-8-9-23-21-7-6-19-15-20(34)11-13-30(19,2)24(21)12-14-31(22,23)3/h18-26,28-29,33-36,38-39H,5-17H2,1-4H3/t18-,19-,20-,21+,22-,23+,24+,25+,26-,28-,29-,30+,31-/m1/s1. The predicted molar refractivity (Wildman–Crippen MR) is 148 cm³/mol. The van der Waals surface area contributed by atoms with Gasteiger partial charge in [-0.3, -0.25) is 4.79 Å². The number of carbonyl (C=O) groups excluding carboxylic acids is 1. The molecule has 0 bridgehead atoms. The van der Waals surface area contributed by atoms with Crippen LogP contribution in [-0.2, 0) is 4.79 Å². The molecule has 4 aliphatic rings. The van der Waals surface area contributed by atoms with E-state index in [-0.39, 0.29) is 18.6 Å².